The van der Waals surface area contributed by atoms with Crippen LogP contribution in [-0.4, -0.2) is 41.2 Å². The van der Waals surface area contributed by atoms with Gasteiger partial charge in [-0.25, -0.2) is 22.9 Å². The summed E-state index contributed by atoms with van der Waals surface area (Å²) in [5, 5.41) is 9.18. The van der Waals surface area contributed by atoms with E-state index in [1.54, 1.807) is 10.8 Å². The highest BCUT2D eigenvalue weighted by Crippen LogP contribution is 2.25. The molecule has 2 amide bonds. The summed E-state index contributed by atoms with van der Waals surface area (Å²) in [5.41, 5.74) is 0.278. The zero-order valence-corrected chi connectivity index (χ0v) is 15.4. The third-order valence-electron chi connectivity index (χ3n) is 3.26. The molecule has 2 heterocycles. The van der Waals surface area contributed by atoms with E-state index in [-0.39, 0.29) is 22.0 Å². The van der Waals surface area contributed by atoms with Crippen LogP contribution in [0.25, 0.3) is 11.5 Å². The van der Waals surface area contributed by atoms with E-state index < -0.39 is 34.5 Å². The summed E-state index contributed by atoms with van der Waals surface area (Å²) in [6, 6.07) is 5.52. The van der Waals surface area contributed by atoms with Crippen LogP contribution in [0.5, 0.6) is 5.88 Å². The predicted octanol–water partition coefficient (Wildman–Crippen LogP) is 1.95. The van der Waals surface area contributed by atoms with Crippen molar-refractivity contribution in [2.45, 2.75) is 18.4 Å². The van der Waals surface area contributed by atoms with Crippen molar-refractivity contribution in [3.63, 3.8) is 0 Å². The fourth-order valence-corrected chi connectivity index (χ4v) is 3.33. The Balaban J connectivity index is 1.80. The summed E-state index contributed by atoms with van der Waals surface area (Å²) >= 11 is 0. The Kier molecular flexibility index (Phi) is 5.63. The lowest BCUT2D eigenvalue weighted by Gasteiger charge is -2.11. The molecule has 0 aliphatic carbocycles. The lowest BCUT2D eigenvalue weighted by Crippen LogP contribution is -2.35. The van der Waals surface area contributed by atoms with Gasteiger partial charge >= 0.3 is 12.6 Å². The number of urea groups is 1. The number of rotatable bonds is 6. The van der Waals surface area contributed by atoms with Gasteiger partial charge in [-0.05, 0) is 19.1 Å². The first-order valence-electron chi connectivity index (χ1n) is 7.74. The van der Waals surface area contributed by atoms with Crippen LogP contribution in [0.1, 0.15) is 5.69 Å². The van der Waals surface area contributed by atoms with Crippen molar-refractivity contribution in [2.75, 3.05) is 5.32 Å². The SMILES string of the molecule is Cc1cc(OC(F)F)nc(NC(=O)NS(=O)(=O)c2ccccc2-c2nnco2)n1. The summed E-state index contributed by atoms with van der Waals surface area (Å²) < 4.78 is 60.8. The van der Waals surface area contributed by atoms with Gasteiger partial charge in [-0.3, -0.25) is 5.32 Å². The first-order valence-corrected chi connectivity index (χ1v) is 9.23. The monoisotopic (exact) mass is 426 g/mol. The second kappa shape index (κ2) is 8.14. The minimum absolute atomic E-state index is 0.0674. The second-order valence-corrected chi connectivity index (χ2v) is 7.00. The normalized spacial score (nSPS) is 11.3. The van der Waals surface area contributed by atoms with Gasteiger partial charge in [-0.1, -0.05) is 12.1 Å². The lowest BCUT2D eigenvalue weighted by molar-refractivity contribution is -0.0528. The Morgan fingerprint density at radius 3 is 2.69 bits per heavy atom. The minimum Gasteiger partial charge on any atom is -0.423 e. The molecule has 14 heteroatoms. The fourth-order valence-electron chi connectivity index (χ4n) is 2.22. The van der Waals surface area contributed by atoms with Crippen molar-refractivity contribution in [1.82, 2.24) is 24.9 Å². The van der Waals surface area contributed by atoms with E-state index in [4.69, 9.17) is 4.42 Å². The zero-order chi connectivity index (χ0) is 21.0. The second-order valence-electron chi connectivity index (χ2n) is 5.35. The van der Waals surface area contributed by atoms with Crippen LogP contribution in [0.2, 0.25) is 0 Å². The molecule has 0 aliphatic heterocycles. The van der Waals surface area contributed by atoms with E-state index in [1.165, 1.54) is 25.1 Å². The number of hydrogen-bond donors (Lipinski definition) is 2. The van der Waals surface area contributed by atoms with Gasteiger partial charge in [0, 0.05) is 11.8 Å². The van der Waals surface area contributed by atoms with Crippen LogP contribution in [0.15, 0.2) is 46.0 Å². The number of nitrogens with one attached hydrogen (secondary N) is 2. The van der Waals surface area contributed by atoms with Crippen molar-refractivity contribution in [1.29, 1.82) is 0 Å². The molecule has 0 bridgehead atoms. The van der Waals surface area contributed by atoms with E-state index in [9.17, 15) is 22.0 Å². The topological polar surface area (TPSA) is 149 Å². The molecule has 0 radical (unpaired) electrons. The summed E-state index contributed by atoms with van der Waals surface area (Å²) in [7, 11) is -4.37. The highest BCUT2D eigenvalue weighted by atomic mass is 32.2. The summed E-state index contributed by atoms with van der Waals surface area (Å²) in [4.78, 5) is 19.2. The molecule has 0 spiro atoms. The maximum absolute atomic E-state index is 12.6. The van der Waals surface area contributed by atoms with E-state index >= 15 is 0 Å². The number of nitrogens with zero attached hydrogens (tertiary/aromatic N) is 4. The van der Waals surface area contributed by atoms with Crippen LogP contribution in [0.4, 0.5) is 19.5 Å². The number of carbonyl (C=O) groups is 1. The van der Waals surface area contributed by atoms with Crippen LogP contribution in [-0.2, 0) is 10.0 Å². The number of hydrogen-bond acceptors (Lipinski definition) is 9. The van der Waals surface area contributed by atoms with Crippen LogP contribution in [0.3, 0.4) is 0 Å². The number of sulfonamides is 1. The number of ether oxygens (including phenoxy) is 1. The van der Waals surface area contributed by atoms with Crippen molar-refractivity contribution in [2.24, 2.45) is 0 Å². The maximum Gasteiger partial charge on any atom is 0.388 e. The van der Waals surface area contributed by atoms with Crippen molar-refractivity contribution in [3.8, 4) is 17.3 Å². The first-order chi connectivity index (χ1) is 13.7. The molecule has 1 aromatic carbocycles. The van der Waals surface area contributed by atoms with Gasteiger partial charge in [0.15, 0.2) is 0 Å². The first kappa shape index (κ1) is 20.1. The average molecular weight is 426 g/mol. The average Bonchev–Trinajstić information content (AvgIpc) is 3.14. The molecule has 152 valence electrons. The highest BCUT2D eigenvalue weighted by molar-refractivity contribution is 7.90. The Bertz CT molecular complexity index is 1120. The molecule has 29 heavy (non-hydrogen) atoms. The standard InChI is InChI=1S/C15H12F2N6O5S/c1-8-6-11(28-13(16)17)20-14(19-8)21-15(24)23-29(25,26)10-5-3-2-4-9(10)12-22-18-7-27-12/h2-7,13H,1H3,(H2,19,20,21,23,24). The third kappa shape index (κ3) is 4.98. The molecule has 2 N–H and O–H groups in total. The number of amides is 2. The molecule has 3 aromatic rings. The lowest BCUT2D eigenvalue weighted by atomic mass is 10.2. The smallest absolute Gasteiger partial charge is 0.388 e. The van der Waals surface area contributed by atoms with Gasteiger partial charge in [0.05, 0.1) is 5.56 Å². The summed E-state index contributed by atoms with van der Waals surface area (Å²) in [6.45, 7) is -1.69. The minimum atomic E-state index is -4.37. The molecule has 2 aromatic heterocycles. The molecule has 0 aliphatic rings. The van der Waals surface area contributed by atoms with Crippen molar-refractivity contribution < 1.29 is 31.1 Å². The Labute approximate surface area is 162 Å². The molecule has 0 saturated carbocycles. The number of halogens is 2. The third-order valence-corrected chi connectivity index (χ3v) is 4.65. The van der Waals surface area contributed by atoms with Crippen LogP contribution < -0.4 is 14.8 Å². The maximum atomic E-state index is 12.6. The fraction of sp³-hybridized carbons (Fsp3) is 0.133. The predicted molar refractivity (Wildman–Crippen MR) is 92.5 cm³/mol. The van der Waals surface area contributed by atoms with E-state index in [2.05, 4.69) is 24.9 Å². The molecular weight excluding hydrogens is 414 g/mol. The largest absolute Gasteiger partial charge is 0.423 e. The van der Waals surface area contributed by atoms with Gasteiger partial charge in [0.1, 0.15) is 4.90 Å². The van der Waals surface area contributed by atoms with Crippen molar-refractivity contribution >= 4 is 22.0 Å². The molecule has 11 nitrogen and oxygen atoms in total. The zero-order valence-electron chi connectivity index (χ0n) is 14.5. The van der Waals surface area contributed by atoms with E-state index in [0.29, 0.717) is 0 Å². The number of alkyl halides is 2. The molecule has 3 rings (SSSR count). The van der Waals surface area contributed by atoms with Gasteiger partial charge in [-0.2, -0.15) is 13.8 Å². The number of aromatic nitrogens is 4. The van der Waals surface area contributed by atoms with Gasteiger partial charge in [-0.15, -0.1) is 10.2 Å². The summed E-state index contributed by atoms with van der Waals surface area (Å²) in [5.74, 6) is -0.992. The quantitative estimate of drug-likeness (QED) is 0.603. The Morgan fingerprint density at radius 1 is 1.24 bits per heavy atom. The van der Waals surface area contributed by atoms with E-state index in [0.717, 1.165) is 12.5 Å². The Hall–Kier alpha value is -3.68. The number of carbonyl (C=O) groups excluding carboxylic acids is 1. The number of anilines is 1. The van der Waals surface area contributed by atoms with E-state index in [1.807, 2.05) is 5.32 Å². The molecule has 0 saturated heterocycles. The van der Waals surface area contributed by atoms with Gasteiger partial charge in [0.2, 0.25) is 24.1 Å². The molecular formula is C15H12F2N6O5S. The van der Waals surface area contributed by atoms with Gasteiger partial charge in [0.25, 0.3) is 10.0 Å². The molecule has 0 unspecified atom stereocenters. The van der Waals surface area contributed by atoms with Crippen LogP contribution >= 0.6 is 0 Å². The Morgan fingerprint density at radius 2 is 2.00 bits per heavy atom. The number of benzene rings is 1. The summed E-state index contributed by atoms with van der Waals surface area (Å²) in [6.07, 6.45) is 1.02. The highest BCUT2D eigenvalue weighted by Gasteiger charge is 2.24. The van der Waals surface area contributed by atoms with Crippen molar-refractivity contribution in [3.05, 3.63) is 42.4 Å². The van der Waals surface area contributed by atoms with Gasteiger partial charge < -0.3 is 9.15 Å². The molecule has 0 fully saturated rings. The van der Waals surface area contributed by atoms with Crippen LogP contribution in [0, 0.1) is 6.92 Å². The number of aryl methyl sites for hydroxylation is 1. The molecule has 0 atom stereocenters.